The highest BCUT2D eigenvalue weighted by Crippen LogP contribution is 2.28. The Balaban J connectivity index is 2.43. The number of nitriles is 1. The van der Waals surface area contributed by atoms with E-state index in [1.165, 1.54) is 25.3 Å². The second-order valence-corrected chi connectivity index (χ2v) is 4.18. The largest absolute Gasteiger partial charge is 0.496 e. The lowest BCUT2D eigenvalue weighted by atomic mass is 9.91. The number of benzene rings is 2. The molecule has 2 aromatic rings. The van der Waals surface area contributed by atoms with Gasteiger partial charge in [0.05, 0.1) is 13.2 Å². The molecule has 20 heavy (non-hydrogen) atoms. The smallest absolute Gasteiger partial charge is 0.184 e. The number of ketones is 1. The van der Waals surface area contributed by atoms with E-state index in [0.29, 0.717) is 11.3 Å². The van der Waals surface area contributed by atoms with Crippen molar-refractivity contribution in [2.75, 3.05) is 7.11 Å². The second-order valence-electron chi connectivity index (χ2n) is 4.18. The Bertz CT molecular complexity index is 676. The highest BCUT2D eigenvalue weighted by molar-refractivity contribution is 6.03. The fourth-order valence-corrected chi connectivity index (χ4v) is 1.98. The third-order valence-corrected chi connectivity index (χ3v) is 2.95. The van der Waals surface area contributed by atoms with Crippen molar-refractivity contribution >= 4 is 5.78 Å². The molecule has 0 aromatic heterocycles. The molecule has 0 fully saturated rings. The van der Waals surface area contributed by atoms with E-state index < -0.39 is 17.5 Å². The molecule has 2 aromatic carbocycles. The van der Waals surface area contributed by atoms with E-state index in [1.54, 1.807) is 24.3 Å². The first-order valence-corrected chi connectivity index (χ1v) is 5.99. The van der Waals surface area contributed by atoms with Crippen LogP contribution in [-0.4, -0.2) is 12.9 Å². The second kappa shape index (κ2) is 5.98. The van der Waals surface area contributed by atoms with Gasteiger partial charge in [0, 0.05) is 11.1 Å². The number of rotatable bonds is 4. The topological polar surface area (TPSA) is 50.1 Å². The minimum Gasteiger partial charge on any atom is -0.496 e. The van der Waals surface area contributed by atoms with Gasteiger partial charge in [0.2, 0.25) is 0 Å². The van der Waals surface area contributed by atoms with Gasteiger partial charge in [-0.25, -0.2) is 4.39 Å². The number of ether oxygens (including phenoxy) is 1. The van der Waals surface area contributed by atoms with Gasteiger partial charge in [-0.3, -0.25) is 4.79 Å². The SMILES string of the molecule is COc1ccccc1C(C#N)C(=O)c1cccc(F)c1. The molecule has 0 aliphatic rings. The van der Waals surface area contributed by atoms with Crippen molar-refractivity contribution in [1.29, 1.82) is 5.26 Å². The Morgan fingerprint density at radius 1 is 1.25 bits per heavy atom. The van der Waals surface area contributed by atoms with Gasteiger partial charge in [0.15, 0.2) is 5.78 Å². The summed E-state index contributed by atoms with van der Waals surface area (Å²) in [4.78, 5) is 12.4. The number of Topliss-reactive ketones (excluding diaryl/α,β-unsaturated/α-hetero) is 1. The number of carbonyl (C=O) groups is 1. The lowest BCUT2D eigenvalue weighted by molar-refractivity contribution is 0.0977. The molecule has 1 atom stereocenters. The van der Waals surface area contributed by atoms with E-state index in [9.17, 15) is 14.4 Å². The van der Waals surface area contributed by atoms with Crippen LogP contribution in [0.15, 0.2) is 48.5 Å². The molecular weight excluding hydrogens is 257 g/mol. The molecule has 0 saturated heterocycles. The number of para-hydroxylation sites is 1. The number of methoxy groups -OCH3 is 1. The van der Waals surface area contributed by atoms with E-state index in [1.807, 2.05) is 6.07 Å². The molecule has 0 radical (unpaired) electrons. The molecule has 0 aliphatic heterocycles. The van der Waals surface area contributed by atoms with Gasteiger partial charge in [0.25, 0.3) is 0 Å². The summed E-state index contributed by atoms with van der Waals surface area (Å²) in [5.41, 5.74) is 0.647. The molecule has 0 saturated carbocycles. The van der Waals surface area contributed by atoms with Gasteiger partial charge in [-0.2, -0.15) is 5.26 Å². The van der Waals surface area contributed by atoms with Crippen LogP contribution < -0.4 is 4.74 Å². The summed E-state index contributed by atoms with van der Waals surface area (Å²) >= 11 is 0. The fourth-order valence-electron chi connectivity index (χ4n) is 1.98. The Hall–Kier alpha value is -2.67. The molecular formula is C16H12FNO2. The molecule has 0 amide bonds. The van der Waals surface area contributed by atoms with Gasteiger partial charge in [-0.1, -0.05) is 30.3 Å². The fraction of sp³-hybridized carbons (Fsp3) is 0.125. The van der Waals surface area contributed by atoms with Crippen molar-refractivity contribution in [3.8, 4) is 11.8 Å². The van der Waals surface area contributed by atoms with E-state index in [-0.39, 0.29) is 5.56 Å². The Morgan fingerprint density at radius 3 is 2.65 bits per heavy atom. The average Bonchev–Trinajstić information content (AvgIpc) is 2.48. The van der Waals surface area contributed by atoms with Crippen molar-refractivity contribution in [2.24, 2.45) is 0 Å². The standard InChI is InChI=1S/C16H12FNO2/c1-20-15-8-3-2-7-13(15)14(10-18)16(19)11-5-4-6-12(17)9-11/h2-9,14H,1H3. The van der Waals surface area contributed by atoms with E-state index in [0.717, 1.165) is 6.07 Å². The molecule has 4 heteroatoms. The van der Waals surface area contributed by atoms with Crippen molar-refractivity contribution in [3.63, 3.8) is 0 Å². The maximum absolute atomic E-state index is 13.2. The average molecular weight is 269 g/mol. The zero-order valence-corrected chi connectivity index (χ0v) is 10.8. The first-order chi connectivity index (χ1) is 9.67. The molecule has 1 unspecified atom stereocenters. The molecule has 0 heterocycles. The monoisotopic (exact) mass is 269 g/mol. The highest BCUT2D eigenvalue weighted by Gasteiger charge is 2.24. The number of nitrogens with zero attached hydrogens (tertiary/aromatic N) is 1. The zero-order chi connectivity index (χ0) is 14.5. The van der Waals surface area contributed by atoms with Crippen molar-refractivity contribution in [2.45, 2.75) is 5.92 Å². The minimum atomic E-state index is -1.02. The number of hydrogen-bond donors (Lipinski definition) is 0. The number of halogens is 1. The quantitative estimate of drug-likeness (QED) is 0.800. The van der Waals surface area contributed by atoms with Crippen LogP contribution in [0.2, 0.25) is 0 Å². The van der Waals surface area contributed by atoms with Crippen LogP contribution >= 0.6 is 0 Å². The normalized spacial score (nSPS) is 11.4. The molecule has 0 spiro atoms. The van der Waals surface area contributed by atoms with E-state index in [4.69, 9.17) is 4.74 Å². The predicted octanol–water partition coefficient (Wildman–Crippen LogP) is 3.32. The molecule has 0 aliphatic carbocycles. The maximum Gasteiger partial charge on any atom is 0.184 e. The molecule has 0 N–H and O–H groups in total. The van der Waals surface area contributed by atoms with Gasteiger partial charge in [-0.05, 0) is 18.2 Å². The molecule has 100 valence electrons. The van der Waals surface area contributed by atoms with Crippen molar-refractivity contribution < 1.29 is 13.9 Å². The molecule has 0 bridgehead atoms. The van der Waals surface area contributed by atoms with Gasteiger partial charge >= 0.3 is 0 Å². The van der Waals surface area contributed by atoms with Crippen LogP contribution in [0.3, 0.4) is 0 Å². The van der Waals surface area contributed by atoms with Gasteiger partial charge < -0.3 is 4.74 Å². The van der Waals surface area contributed by atoms with Crippen molar-refractivity contribution in [1.82, 2.24) is 0 Å². The first kappa shape index (κ1) is 13.8. The van der Waals surface area contributed by atoms with Crippen LogP contribution in [0, 0.1) is 17.1 Å². The third-order valence-electron chi connectivity index (χ3n) is 2.95. The summed E-state index contributed by atoms with van der Waals surface area (Å²) in [5.74, 6) is -1.51. The number of carbonyl (C=O) groups excluding carboxylic acids is 1. The van der Waals surface area contributed by atoms with Crippen LogP contribution in [0.25, 0.3) is 0 Å². The van der Waals surface area contributed by atoms with E-state index in [2.05, 4.69) is 0 Å². The minimum absolute atomic E-state index is 0.169. The summed E-state index contributed by atoms with van der Waals surface area (Å²) in [7, 11) is 1.47. The zero-order valence-electron chi connectivity index (χ0n) is 10.8. The van der Waals surface area contributed by atoms with Crippen LogP contribution in [0.5, 0.6) is 5.75 Å². The maximum atomic E-state index is 13.2. The van der Waals surface area contributed by atoms with E-state index >= 15 is 0 Å². The highest BCUT2D eigenvalue weighted by atomic mass is 19.1. The third kappa shape index (κ3) is 2.67. The Kier molecular flexibility index (Phi) is 4.11. The first-order valence-electron chi connectivity index (χ1n) is 5.99. The Labute approximate surface area is 116 Å². The lowest BCUT2D eigenvalue weighted by Gasteiger charge is -2.12. The number of hydrogen-bond acceptors (Lipinski definition) is 3. The van der Waals surface area contributed by atoms with Gasteiger partial charge in [-0.15, -0.1) is 0 Å². The molecule has 2 rings (SSSR count). The predicted molar refractivity (Wildman–Crippen MR) is 72.1 cm³/mol. The van der Waals surface area contributed by atoms with Crippen LogP contribution in [-0.2, 0) is 0 Å². The lowest BCUT2D eigenvalue weighted by Crippen LogP contribution is -2.12. The summed E-state index contributed by atoms with van der Waals surface area (Å²) in [5, 5.41) is 9.28. The summed E-state index contributed by atoms with van der Waals surface area (Å²) in [6.07, 6.45) is 0. The van der Waals surface area contributed by atoms with Gasteiger partial charge in [0.1, 0.15) is 17.5 Å². The summed E-state index contributed by atoms with van der Waals surface area (Å²) in [6, 6.07) is 14.1. The summed E-state index contributed by atoms with van der Waals surface area (Å²) in [6.45, 7) is 0. The summed E-state index contributed by atoms with van der Waals surface area (Å²) < 4.78 is 18.3. The van der Waals surface area contributed by atoms with Crippen LogP contribution in [0.1, 0.15) is 21.8 Å². The van der Waals surface area contributed by atoms with Crippen molar-refractivity contribution in [3.05, 3.63) is 65.5 Å². The molecule has 3 nitrogen and oxygen atoms in total. The Morgan fingerprint density at radius 2 is 2.00 bits per heavy atom. The van der Waals surface area contributed by atoms with Crippen LogP contribution in [0.4, 0.5) is 4.39 Å².